The molecule has 90 valence electrons. The van der Waals surface area contributed by atoms with Gasteiger partial charge in [-0.2, -0.15) is 5.10 Å². The number of nitrogens with one attached hydrogen (secondary N) is 2. The molecule has 0 aliphatic carbocycles. The van der Waals surface area contributed by atoms with Crippen molar-refractivity contribution in [2.45, 2.75) is 41.5 Å². The van der Waals surface area contributed by atoms with E-state index in [0.29, 0.717) is 0 Å². The van der Waals surface area contributed by atoms with Gasteiger partial charge in [0.15, 0.2) is 0 Å². The van der Waals surface area contributed by atoms with Crippen molar-refractivity contribution in [1.82, 2.24) is 20.2 Å². The van der Waals surface area contributed by atoms with Crippen molar-refractivity contribution in [2.24, 2.45) is 0 Å². The largest absolute Gasteiger partial charge is 0.346 e. The van der Waals surface area contributed by atoms with Crippen LogP contribution in [0, 0.1) is 27.7 Å². The molecule has 0 amide bonds. The summed E-state index contributed by atoms with van der Waals surface area (Å²) in [5, 5.41) is 6.71. The van der Waals surface area contributed by atoms with Crippen LogP contribution in [-0.2, 0) is 0 Å². The fraction of sp³-hybridized carbons (Fsp3) is 0.500. The third-order valence-electron chi connectivity index (χ3n) is 1.66. The first-order chi connectivity index (χ1) is 7.58. The Bertz CT molecular complexity index is 316. The zero-order valence-electron chi connectivity index (χ0n) is 11.0. The van der Waals surface area contributed by atoms with E-state index >= 15 is 0 Å². The molecule has 2 N–H and O–H groups in total. The molecule has 4 nitrogen and oxygen atoms in total. The van der Waals surface area contributed by atoms with E-state index in [-0.39, 0.29) is 0 Å². The first kappa shape index (κ1) is 14.4. The SMILES string of the molecule is CC.Cc1cc(C)[nH]n1.Cc1cnc(C)[nH]1. The van der Waals surface area contributed by atoms with Crippen molar-refractivity contribution in [1.29, 1.82) is 0 Å². The molecular weight excluding hydrogens is 200 g/mol. The molecule has 0 spiro atoms. The Hall–Kier alpha value is -1.58. The van der Waals surface area contributed by atoms with Gasteiger partial charge in [-0.3, -0.25) is 5.10 Å². The minimum Gasteiger partial charge on any atom is -0.346 e. The van der Waals surface area contributed by atoms with Crippen molar-refractivity contribution >= 4 is 0 Å². The summed E-state index contributed by atoms with van der Waals surface area (Å²) in [6.07, 6.45) is 1.81. The third kappa shape index (κ3) is 6.01. The van der Waals surface area contributed by atoms with Gasteiger partial charge in [0, 0.05) is 17.6 Å². The van der Waals surface area contributed by atoms with E-state index in [1.165, 1.54) is 0 Å². The molecule has 0 saturated heterocycles. The molecule has 0 radical (unpaired) electrons. The van der Waals surface area contributed by atoms with Crippen LogP contribution in [0.1, 0.15) is 36.8 Å². The number of nitrogens with zero attached hydrogens (tertiary/aromatic N) is 2. The van der Waals surface area contributed by atoms with Gasteiger partial charge in [-0.25, -0.2) is 4.98 Å². The first-order valence-corrected chi connectivity index (χ1v) is 5.55. The summed E-state index contributed by atoms with van der Waals surface area (Å²) in [6.45, 7) is 11.9. The lowest BCUT2D eigenvalue weighted by atomic mass is 10.4. The average molecular weight is 222 g/mol. The predicted octanol–water partition coefficient (Wildman–Crippen LogP) is 3.08. The van der Waals surface area contributed by atoms with E-state index in [4.69, 9.17) is 0 Å². The van der Waals surface area contributed by atoms with Crippen LogP contribution in [0.25, 0.3) is 0 Å². The van der Waals surface area contributed by atoms with E-state index in [0.717, 1.165) is 22.9 Å². The minimum absolute atomic E-state index is 0.984. The summed E-state index contributed by atoms with van der Waals surface area (Å²) in [4.78, 5) is 6.99. The molecule has 0 atom stereocenters. The van der Waals surface area contributed by atoms with Crippen molar-refractivity contribution in [2.75, 3.05) is 0 Å². The Morgan fingerprint density at radius 1 is 1.00 bits per heavy atom. The quantitative estimate of drug-likeness (QED) is 0.719. The molecule has 0 aromatic carbocycles. The maximum atomic E-state index is 3.96. The highest BCUT2D eigenvalue weighted by molar-refractivity contribution is 5.03. The standard InChI is InChI=1S/2C5H8N2.C2H6/c1-4-3-6-5(2)7-4;1-4-3-5(2)7-6-4;1-2/h2*3H,1-2H3,(H,6,7);1-2H3. The Morgan fingerprint density at radius 2 is 1.62 bits per heavy atom. The second-order valence-corrected chi connectivity index (χ2v) is 3.34. The van der Waals surface area contributed by atoms with Gasteiger partial charge < -0.3 is 4.98 Å². The van der Waals surface area contributed by atoms with Gasteiger partial charge in [-0.1, -0.05) is 13.8 Å². The molecule has 16 heavy (non-hydrogen) atoms. The number of aryl methyl sites for hydroxylation is 4. The van der Waals surface area contributed by atoms with Gasteiger partial charge in [-0.15, -0.1) is 0 Å². The molecule has 2 aromatic rings. The second kappa shape index (κ2) is 7.68. The summed E-state index contributed by atoms with van der Waals surface area (Å²) in [5.74, 6) is 0.984. The van der Waals surface area contributed by atoms with E-state index in [2.05, 4.69) is 20.2 Å². The van der Waals surface area contributed by atoms with Crippen LogP contribution in [0.15, 0.2) is 12.3 Å². The van der Waals surface area contributed by atoms with Crippen molar-refractivity contribution < 1.29 is 0 Å². The van der Waals surface area contributed by atoms with Gasteiger partial charge in [0.05, 0.1) is 5.69 Å². The van der Waals surface area contributed by atoms with E-state index in [1.54, 1.807) is 0 Å². The number of aromatic amines is 2. The lowest BCUT2D eigenvalue weighted by molar-refractivity contribution is 1.02. The van der Waals surface area contributed by atoms with Gasteiger partial charge in [0.2, 0.25) is 0 Å². The monoisotopic (exact) mass is 222 g/mol. The fourth-order valence-corrected chi connectivity index (χ4v) is 1.10. The van der Waals surface area contributed by atoms with Crippen LogP contribution >= 0.6 is 0 Å². The zero-order chi connectivity index (χ0) is 12.6. The molecule has 0 bridgehead atoms. The summed E-state index contributed by atoms with van der Waals surface area (Å²) in [7, 11) is 0. The minimum atomic E-state index is 0.984. The van der Waals surface area contributed by atoms with Crippen molar-refractivity contribution in [3.63, 3.8) is 0 Å². The van der Waals surface area contributed by atoms with Crippen molar-refractivity contribution in [3.8, 4) is 0 Å². The van der Waals surface area contributed by atoms with Crippen LogP contribution in [-0.4, -0.2) is 20.2 Å². The molecule has 2 aromatic heterocycles. The Labute approximate surface area is 97.5 Å². The molecule has 0 saturated carbocycles. The van der Waals surface area contributed by atoms with Crippen LogP contribution in [0.4, 0.5) is 0 Å². The summed E-state index contributed by atoms with van der Waals surface area (Å²) in [5.41, 5.74) is 3.30. The van der Waals surface area contributed by atoms with Gasteiger partial charge >= 0.3 is 0 Å². The summed E-state index contributed by atoms with van der Waals surface area (Å²) >= 11 is 0. The molecule has 0 aliphatic rings. The highest BCUT2D eigenvalue weighted by Crippen LogP contribution is 1.92. The number of rotatable bonds is 0. The summed E-state index contributed by atoms with van der Waals surface area (Å²) < 4.78 is 0. The topological polar surface area (TPSA) is 57.4 Å². The Kier molecular flexibility index (Phi) is 6.92. The normalized spacial score (nSPS) is 8.62. The van der Waals surface area contributed by atoms with Crippen LogP contribution in [0.5, 0.6) is 0 Å². The number of aromatic nitrogens is 4. The Balaban J connectivity index is 0.000000244. The first-order valence-electron chi connectivity index (χ1n) is 5.55. The van der Waals surface area contributed by atoms with E-state index in [1.807, 2.05) is 53.8 Å². The molecule has 2 heterocycles. The van der Waals surface area contributed by atoms with Gasteiger partial charge in [0.25, 0.3) is 0 Å². The van der Waals surface area contributed by atoms with Crippen LogP contribution < -0.4 is 0 Å². The number of H-pyrrole nitrogens is 2. The van der Waals surface area contributed by atoms with Crippen LogP contribution in [0.2, 0.25) is 0 Å². The van der Waals surface area contributed by atoms with Crippen LogP contribution in [0.3, 0.4) is 0 Å². The smallest absolute Gasteiger partial charge is 0.103 e. The summed E-state index contributed by atoms with van der Waals surface area (Å²) in [6, 6.07) is 2.00. The third-order valence-corrected chi connectivity index (χ3v) is 1.66. The molecule has 0 aliphatic heterocycles. The molecule has 4 heteroatoms. The molecule has 2 rings (SSSR count). The second-order valence-electron chi connectivity index (χ2n) is 3.34. The molecule has 0 unspecified atom stereocenters. The lowest BCUT2D eigenvalue weighted by Gasteiger charge is -1.74. The maximum absolute atomic E-state index is 3.96. The molecular formula is C12H22N4. The van der Waals surface area contributed by atoms with E-state index < -0.39 is 0 Å². The van der Waals surface area contributed by atoms with Gasteiger partial charge in [-0.05, 0) is 33.8 Å². The highest BCUT2D eigenvalue weighted by atomic mass is 15.1. The highest BCUT2D eigenvalue weighted by Gasteiger charge is 1.84. The number of hydrogen-bond donors (Lipinski definition) is 2. The lowest BCUT2D eigenvalue weighted by Crippen LogP contribution is -1.70. The predicted molar refractivity (Wildman–Crippen MR) is 67.5 cm³/mol. The van der Waals surface area contributed by atoms with Crippen molar-refractivity contribution in [3.05, 3.63) is 35.2 Å². The Morgan fingerprint density at radius 3 is 1.75 bits per heavy atom. The van der Waals surface area contributed by atoms with E-state index in [9.17, 15) is 0 Å². The molecule has 0 fully saturated rings. The van der Waals surface area contributed by atoms with Gasteiger partial charge in [0.1, 0.15) is 5.82 Å². The zero-order valence-corrected chi connectivity index (χ0v) is 11.0. The average Bonchev–Trinajstić information content (AvgIpc) is 2.80. The number of hydrogen-bond acceptors (Lipinski definition) is 2. The maximum Gasteiger partial charge on any atom is 0.103 e. The number of imidazole rings is 1. The fourth-order valence-electron chi connectivity index (χ4n) is 1.10.